The smallest absolute Gasteiger partial charge is 0.241 e. The van der Waals surface area contributed by atoms with Crippen molar-refractivity contribution in [2.75, 3.05) is 12.4 Å². The van der Waals surface area contributed by atoms with Gasteiger partial charge in [0.1, 0.15) is 5.75 Å². The summed E-state index contributed by atoms with van der Waals surface area (Å²) >= 11 is 0. The highest BCUT2D eigenvalue weighted by atomic mass is 16.5. The predicted molar refractivity (Wildman–Crippen MR) is 97.3 cm³/mol. The first-order chi connectivity index (χ1) is 12.2. The van der Waals surface area contributed by atoms with E-state index in [1.807, 2.05) is 42.5 Å². The Morgan fingerprint density at radius 1 is 1.28 bits per heavy atom. The van der Waals surface area contributed by atoms with Gasteiger partial charge in [0, 0.05) is 29.1 Å². The van der Waals surface area contributed by atoms with E-state index in [1.165, 1.54) is 0 Å². The zero-order valence-electron chi connectivity index (χ0n) is 13.9. The standard InChI is InChI=1S/C19H20N4O2/c1-25-18-10-15(7-8-16(18)14-11-21-22-12-14)23-19(24)17(20)9-13-5-3-2-4-6-13/h2-8,10-12,17H,9,20H2,1H3,(H,21,22)(H,23,24)/t17-/m1/s1. The lowest BCUT2D eigenvalue weighted by Gasteiger charge is -2.14. The number of H-pyrrole nitrogens is 1. The van der Waals surface area contributed by atoms with Crippen LogP contribution in [0.3, 0.4) is 0 Å². The molecule has 0 spiro atoms. The number of nitrogens with one attached hydrogen (secondary N) is 2. The molecular weight excluding hydrogens is 316 g/mol. The second kappa shape index (κ2) is 7.63. The second-order valence-electron chi connectivity index (χ2n) is 5.69. The number of hydrogen-bond donors (Lipinski definition) is 3. The Kier molecular flexibility index (Phi) is 5.11. The number of amides is 1. The van der Waals surface area contributed by atoms with Crippen LogP contribution < -0.4 is 15.8 Å². The maximum absolute atomic E-state index is 12.3. The number of carbonyl (C=O) groups is 1. The van der Waals surface area contributed by atoms with Crippen LogP contribution in [0.4, 0.5) is 5.69 Å². The van der Waals surface area contributed by atoms with E-state index in [0.717, 1.165) is 16.7 Å². The number of rotatable bonds is 6. The molecule has 25 heavy (non-hydrogen) atoms. The summed E-state index contributed by atoms with van der Waals surface area (Å²) in [7, 11) is 1.59. The SMILES string of the molecule is COc1cc(NC(=O)[C@H](N)Cc2ccccc2)ccc1-c1cn[nH]c1. The van der Waals surface area contributed by atoms with Crippen LogP contribution >= 0.6 is 0 Å². The van der Waals surface area contributed by atoms with Crippen LogP contribution in [0.1, 0.15) is 5.56 Å². The molecule has 0 unspecified atom stereocenters. The molecule has 0 aliphatic heterocycles. The van der Waals surface area contributed by atoms with E-state index in [9.17, 15) is 4.79 Å². The lowest BCUT2D eigenvalue weighted by molar-refractivity contribution is -0.117. The number of methoxy groups -OCH3 is 1. The van der Waals surface area contributed by atoms with E-state index in [2.05, 4.69) is 15.5 Å². The van der Waals surface area contributed by atoms with Crippen molar-refractivity contribution < 1.29 is 9.53 Å². The van der Waals surface area contributed by atoms with Gasteiger partial charge in [-0.25, -0.2) is 0 Å². The summed E-state index contributed by atoms with van der Waals surface area (Å²) in [5, 5.41) is 9.56. The first-order valence-corrected chi connectivity index (χ1v) is 7.95. The van der Waals surface area contributed by atoms with Gasteiger partial charge in [-0.05, 0) is 24.1 Å². The van der Waals surface area contributed by atoms with Crippen molar-refractivity contribution in [3.63, 3.8) is 0 Å². The Bertz CT molecular complexity index is 832. The summed E-state index contributed by atoms with van der Waals surface area (Å²) < 4.78 is 5.42. The zero-order valence-corrected chi connectivity index (χ0v) is 13.9. The molecule has 1 amide bonds. The molecule has 0 saturated carbocycles. The van der Waals surface area contributed by atoms with E-state index in [1.54, 1.807) is 25.6 Å². The number of hydrogen-bond acceptors (Lipinski definition) is 4. The number of nitrogens with zero attached hydrogens (tertiary/aromatic N) is 1. The molecule has 3 rings (SSSR count). The first kappa shape index (κ1) is 16.7. The average molecular weight is 336 g/mol. The molecular formula is C19H20N4O2. The highest BCUT2D eigenvalue weighted by molar-refractivity contribution is 5.95. The highest BCUT2D eigenvalue weighted by Crippen LogP contribution is 2.31. The van der Waals surface area contributed by atoms with Crippen molar-refractivity contribution in [1.82, 2.24) is 10.2 Å². The molecule has 128 valence electrons. The molecule has 4 N–H and O–H groups in total. The fourth-order valence-corrected chi connectivity index (χ4v) is 2.60. The number of nitrogens with two attached hydrogens (primary N) is 1. The molecule has 0 fully saturated rings. The summed E-state index contributed by atoms with van der Waals surface area (Å²) in [5.41, 5.74) is 9.49. The molecule has 6 heteroatoms. The van der Waals surface area contributed by atoms with Gasteiger partial charge in [-0.15, -0.1) is 0 Å². The maximum Gasteiger partial charge on any atom is 0.241 e. The number of carbonyl (C=O) groups excluding carboxylic acids is 1. The van der Waals surface area contributed by atoms with E-state index >= 15 is 0 Å². The van der Waals surface area contributed by atoms with Crippen LogP contribution in [0.15, 0.2) is 60.9 Å². The minimum atomic E-state index is -0.623. The normalized spacial score (nSPS) is 11.8. The van der Waals surface area contributed by atoms with Gasteiger partial charge in [0.05, 0.1) is 19.3 Å². The maximum atomic E-state index is 12.3. The summed E-state index contributed by atoms with van der Waals surface area (Å²) in [6.07, 6.45) is 3.98. The Morgan fingerprint density at radius 3 is 2.76 bits per heavy atom. The lowest BCUT2D eigenvalue weighted by atomic mass is 10.1. The largest absolute Gasteiger partial charge is 0.496 e. The summed E-state index contributed by atoms with van der Waals surface area (Å²) in [6, 6.07) is 14.5. The summed E-state index contributed by atoms with van der Waals surface area (Å²) in [4.78, 5) is 12.3. The van der Waals surface area contributed by atoms with Crippen molar-refractivity contribution in [1.29, 1.82) is 0 Å². The highest BCUT2D eigenvalue weighted by Gasteiger charge is 2.15. The average Bonchev–Trinajstić information content (AvgIpc) is 3.16. The molecule has 1 atom stereocenters. The fourth-order valence-electron chi connectivity index (χ4n) is 2.60. The number of ether oxygens (including phenoxy) is 1. The number of aromatic nitrogens is 2. The van der Waals surface area contributed by atoms with Gasteiger partial charge in [-0.3, -0.25) is 9.89 Å². The molecule has 2 aromatic carbocycles. The van der Waals surface area contributed by atoms with Gasteiger partial charge >= 0.3 is 0 Å². The minimum Gasteiger partial charge on any atom is -0.496 e. The number of benzene rings is 2. The van der Waals surface area contributed by atoms with Crippen molar-refractivity contribution in [2.45, 2.75) is 12.5 Å². The van der Waals surface area contributed by atoms with Gasteiger partial charge in [0.15, 0.2) is 0 Å². The number of anilines is 1. The predicted octanol–water partition coefficient (Wildman–Crippen LogP) is 2.59. The van der Waals surface area contributed by atoms with Crippen molar-refractivity contribution >= 4 is 11.6 Å². The zero-order chi connectivity index (χ0) is 17.6. The van der Waals surface area contributed by atoms with E-state index in [0.29, 0.717) is 17.9 Å². The van der Waals surface area contributed by atoms with E-state index in [-0.39, 0.29) is 5.91 Å². The molecule has 1 aromatic heterocycles. The number of aromatic amines is 1. The molecule has 1 heterocycles. The van der Waals surface area contributed by atoms with Crippen LogP contribution in [0.5, 0.6) is 5.75 Å². The molecule has 6 nitrogen and oxygen atoms in total. The minimum absolute atomic E-state index is 0.234. The summed E-state index contributed by atoms with van der Waals surface area (Å²) in [5.74, 6) is 0.415. The van der Waals surface area contributed by atoms with Crippen LogP contribution in [-0.4, -0.2) is 29.3 Å². The molecule has 0 bridgehead atoms. The first-order valence-electron chi connectivity index (χ1n) is 7.95. The Balaban J connectivity index is 1.71. The van der Waals surface area contributed by atoms with Gasteiger partial charge < -0.3 is 15.8 Å². The second-order valence-corrected chi connectivity index (χ2v) is 5.69. The van der Waals surface area contributed by atoms with Crippen molar-refractivity contribution in [3.8, 4) is 16.9 Å². The molecule has 0 aliphatic rings. The third-order valence-corrected chi connectivity index (χ3v) is 3.91. The Morgan fingerprint density at radius 2 is 2.08 bits per heavy atom. The summed E-state index contributed by atoms with van der Waals surface area (Å²) in [6.45, 7) is 0. The quantitative estimate of drug-likeness (QED) is 0.645. The van der Waals surface area contributed by atoms with Gasteiger partial charge in [0.25, 0.3) is 0 Å². The van der Waals surface area contributed by atoms with Crippen molar-refractivity contribution in [2.24, 2.45) is 5.73 Å². The fraction of sp³-hybridized carbons (Fsp3) is 0.158. The monoisotopic (exact) mass is 336 g/mol. The Hall–Kier alpha value is -3.12. The Labute approximate surface area is 146 Å². The van der Waals surface area contributed by atoms with Crippen LogP contribution in [-0.2, 0) is 11.2 Å². The lowest BCUT2D eigenvalue weighted by Crippen LogP contribution is -2.37. The third-order valence-electron chi connectivity index (χ3n) is 3.91. The van der Waals surface area contributed by atoms with Crippen LogP contribution in [0, 0.1) is 0 Å². The van der Waals surface area contributed by atoms with E-state index < -0.39 is 6.04 Å². The molecule has 3 aromatic rings. The third kappa shape index (κ3) is 4.05. The van der Waals surface area contributed by atoms with Gasteiger partial charge in [-0.1, -0.05) is 30.3 Å². The molecule has 0 radical (unpaired) electrons. The molecule has 0 saturated heterocycles. The van der Waals surface area contributed by atoms with Crippen LogP contribution in [0.2, 0.25) is 0 Å². The molecule has 0 aliphatic carbocycles. The van der Waals surface area contributed by atoms with E-state index in [4.69, 9.17) is 10.5 Å². The van der Waals surface area contributed by atoms with Crippen LogP contribution in [0.25, 0.3) is 11.1 Å². The topological polar surface area (TPSA) is 93.0 Å². The van der Waals surface area contributed by atoms with Crippen molar-refractivity contribution in [3.05, 3.63) is 66.5 Å². The van der Waals surface area contributed by atoms with Gasteiger partial charge in [-0.2, -0.15) is 5.10 Å². The van der Waals surface area contributed by atoms with Gasteiger partial charge in [0.2, 0.25) is 5.91 Å².